The molecule has 1 aromatic carbocycles. The Balaban J connectivity index is 2.44. The van der Waals surface area contributed by atoms with Gasteiger partial charge in [0.1, 0.15) is 0 Å². The summed E-state index contributed by atoms with van der Waals surface area (Å²) in [6, 6.07) is 7.26. The van der Waals surface area contributed by atoms with Crippen molar-refractivity contribution in [1.82, 2.24) is 3.64 Å². The van der Waals surface area contributed by atoms with Gasteiger partial charge in [0.05, 0.1) is 0 Å². The van der Waals surface area contributed by atoms with Crippen molar-refractivity contribution in [3.05, 3.63) is 29.5 Å². The molecule has 0 spiro atoms. The zero-order chi connectivity index (χ0) is 7.68. The molecule has 1 aliphatic rings. The third-order valence-electron chi connectivity index (χ3n) is 1.38. The predicted molar refractivity (Wildman–Crippen MR) is 34.2 cm³/mol. The zero-order valence-corrected chi connectivity index (χ0v) is 7.66. The first kappa shape index (κ1) is 7.29. The fourth-order valence-electron chi connectivity index (χ4n) is 0.868. The van der Waals surface area contributed by atoms with Crippen LogP contribution in [0.15, 0.2) is 24.3 Å². The van der Waals surface area contributed by atoms with E-state index in [2.05, 4.69) is 3.64 Å². The van der Waals surface area contributed by atoms with Crippen molar-refractivity contribution >= 4 is 5.69 Å². The molecule has 2 N–H and O–H groups in total. The number of para-hydroxylation sites is 2. The molecular formula is C6H6IN2O2-. The van der Waals surface area contributed by atoms with Crippen molar-refractivity contribution in [2.75, 3.05) is 0 Å². The second-order valence-electron chi connectivity index (χ2n) is 2.07. The summed E-state index contributed by atoms with van der Waals surface area (Å²) in [5.74, 6) is 0.712. The molecule has 0 saturated heterocycles. The molecule has 1 atom stereocenters. The summed E-state index contributed by atoms with van der Waals surface area (Å²) >= 11 is -0.614. The SMILES string of the molecule is [O-][NH+]1N[I-]Oc2ccccc21. The number of nitrogens with one attached hydrogen (secondary N) is 2. The van der Waals surface area contributed by atoms with Gasteiger partial charge in [0, 0.05) is 0 Å². The molecule has 2 rings (SSSR count). The average Bonchev–Trinajstić information content (AvgIpc) is 2.06. The molecule has 1 aliphatic heterocycles. The molecule has 5 heteroatoms. The molecule has 0 aliphatic carbocycles. The maximum atomic E-state index is 11.1. The van der Waals surface area contributed by atoms with Gasteiger partial charge in [0.2, 0.25) is 0 Å². The molecule has 0 amide bonds. The Kier molecular flexibility index (Phi) is 1.95. The Morgan fingerprint density at radius 3 is 3.09 bits per heavy atom. The van der Waals surface area contributed by atoms with Gasteiger partial charge >= 0.3 is 74.7 Å². The van der Waals surface area contributed by atoms with Gasteiger partial charge in [-0.15, -0.1) is 0 Å². The van der Waals surface area contributed by atoms with Gasteiger partial charge in [0.15, 0.2) is 0 Å². The second-order valence-corrected chi connectivity index (χ2v) is 3.49. The standard InChI is InChI=1S/C6H6IN2O2/c10-9-5-3-1-2-4-6(5)11-7-8-9/h1-4,8-9H/q-1. The van der Waals surface area contributed by atoms with Gasteiger partial charge < -0.3 is 0 Å². The van der Waals surface area contributed by atoms with E-state index >= 15 is 0 Å². The number of hydrogen-bond donors (Lipinski definition) is 2. The van der Waals surface area contributed by atoms with Crippen molar-refractivity contribution in [2.24, 2.45) is 0 Å². The van der Waals surface area contributed by atoms with Crippen LogP contribution in [0.25, 0.3) is 0 Å². The summed E-state index contributed by atoms with van der Waals surface area (Å²) in [6.07, 6.45) is 0. The van der Waals surface area contributed by atoms with Gasteiger partial charge in [-0.2, -0.15) is 0 Å². The van der Waals surface area contributed by atoms with Gasteiger partial charge in [-0.25, -0.2) is 0 Å². The van der Waals surface area contributed by atoms with E-state index in [4.69, 9.17) is 3.07 Å². The van der Waals surface area contributed by atoms with Crippen LogP contribution in [0.2, 0.25) is 0 Å². The summed E-state index contributed by atoms with van der Waals surface area (Å²) < 4.78 is 7.96. The molecule has 4 nitrogen and oxygen atoms in total. The molecule has 0 radical (unpaired) electrons. The Bertz CT molecular complexity index is 269. The Labute approximate surface area is 74.9 Å². The van der Waals surface area contributed by atoms with Crippen LogP contribution in [-0.4, -0.2) is 0 Å². The molecule has 1 aromatic rings. The van der Waals surface area contributed by atoms with Gasteiger partial charge in [-0.1, -0.05) is 0 Å². The number of halogens is 1. The Hall–Kier alpha value is -0.370. The molecule has 60 valence electrons. The van der Waals surface area contributed by atoms with E-state index in [0.717, 1.165) is 0 Å². The van der Waals surface area contributed by atoms with Crippen molar-refractivity contribution in [2.45, 2.75) is 0 Å². The van der Waals surface area contributed by atoms with Gasteiger partial charge in [0.25, 0.3) is 0 Å². The van der Waals surface area contributed by atoms with Crippen molar-refractivity contribution in [3.8, 4) is 5.75 Å². The second kappa shape index (κ2) is 2.94. The van der Waals surface area contributed by atoms with Gasteiger partial charge in [-0.3, -0.25) is 0 Å². The van der Waals surface area contributed by atoms with E-state index in [0.29, 0.717) is 11.4 Å². The number of hydrogen-bond acceptors (Lipinski definition) is 3. The average molecular weight is 265 g/mol. The normalized spacial score (nSPS) is 22.8. The first-order valence-electron chi connectivity index (χ1n) is 3.08. The van der Waals surface area contributed by atoms with E-state index in [1.54, 1.807) is 6.07 Å². The van der Waals surface area contributed by atoms with Crippen LogP contribution in [0.4, 0.5) is 5.69 Å². The van der Waals surface area contributed by atoms with E-state index in [9.17, 15) is 5.21 Å². The summed E-state index contributed by atoms with van der Waals surface area (Å²) in [4.78, 5) is 0. The number of quaternary nitrogens is 1. The van der Waals surface area contributed by atoms with Crippen LogP contribution in [-0.2, 0) is 0 Å². The zero-order valence-electron chi connectivity index (χ0n) is 5.50. The van der Waals surface area contributed by atoms with Crippen LogP contribution in [0.1, 0.15) is 0 Å². The molecular weight excluding hydrogens is 259 g/mol. The number of benzene rings is 1. The summed E-state index contributed by atoms with van der Waals surface area (Å²) in [7, 11) is 0. The molecule has 0 saturated carbocycles. The van der Waals surface area contributed by atoms with Crippen LogP contribution in [0, 0.1) is 5.21 Å². The third kappa shape index (κ3) is 1.32. The fraction of sp³-hybridized carbons (Fsp3) is 0. The first-order valence-corrected chi connectivity index (χ1v) is 5.04. The Morgan fingerprint density at radius 2 is 2.27 bits per heavy atom. The topological polar surface area (TPSA) is 48.8 Å². The molecule has 11 heavy (non-hydrogen) atoms. The molecule has 0 fully saturated rings. The Morgan fingerprint density at radius 1 is 1.45 bits per heavy atom. The van der Waals surface area contributed by atoms with Gasteiger partial charge in [-0.05, 0) is 0 Å². The molecule has 0 bridgehead atoms. The van der Waals surface area contributed by atoms with E-state index in [1.165, 1.54) is 0 Å². The van der Waals surface area contributed by atoms with Crippen molar-refractivity contribution in [1.29, 1.82) is 0 Å². The van der Waals surface area contributed by atoms with E-state index < -0.39 is 21.9 Å². The van der Waals surface area contributed by atoms with Crippen LogP contribution in [0.5, 0.6) is 5.75 Å². The van der Waals surface area contributed by atoms with Crippen LogP contribution in [0.3, 0.4) is 0 Å². The van der Waals surface area contributed by atoms with Crippen LogP contribution >= 0.6 is 0 Å². The molecule has 1 heterocycles. The predicted octanol–water partition coefficient (Wildman–Crippen LogP) is -3.48. The minimum absolute atomic E-state index is 0.0142. The molecule has 0 aromatic heterocycles. The third-order valence-corrected chi connectivity index (χ3v) is 2.78. The van der Waals surface area contributed by atoms with Crippen molar-refractivity contribution in [3.63, 3.8) is 0 Å². The molecule has 1 unspecified atom stereocenters. The number of rotatable bonds is 0. The minimum atomic E-state index is -0.614. The van der Waals surface area contributed by atoms with E-state index in [1.807, 2.05) is 18.2 Å². The quantitative estimate of drug-likeness (QED) is 0.291. The van der Waals surface area contributed by atoms with Crippen LogP contribution < -0.4 is 33.8 Å². The monoisotopic (exact) mass is 265 g/mol. The maximum absolute atomic E-state index is 11.1. The van der Waals surface area contributed by atoms with Crippen molar-refractivity contribution < 1.29 is 30.1 Å². The number of fused-ring (bicyclic) bond motifs is 1. The summed E-state index contributed by atoms with van der Waals surface area (Å²) in [5, 5.41) is 11.1. The summed E-state index contributed by atoms with van der Waals surface area (Å²) in [6.45, 7) is 0. The van der Waals surface area contributed by atoms with E-state index in [-0.39, 0.29) is 5.17 Å². The summed E-state index contributed by atoms with van der Waals surface area (Å²) in [5.41, 5.74) is 0.637. The fourth-order valence-corrected chi connectivity index (χ4v) is 2.09. The first-order chi connectivity index (χ1) is 5.38.